The molecule has 0 unspecified atom stereocenters. The second-order valence-electron chi connectivity index (χ2n) is 4.82. The third-order valence-corrected chi connectivity index (χ3v) is 5.95. The summed E-state index contributed by atoms with van der Waals surface area (Å²) < 4.78 is 30.9. The number of ether oxygens (including phenoxy) is 1. The summed E-state index contributed by atoms with van der Waals surface area (Å²) in [5.41, 5.74) is 0. The first kappa shape index (κ1) is 19.6. The van der Waals surface area contributed by atoms with Crippen LogP contribution in [0.2, 0.25) is 0 Å². The van der Waals surface area contributed by atoms with Crippen LogP contribution in [0.1, 0.15) is 33.1 Å². The molecule has 9 heteroatoms. The maximum atomic E-state index is 11.8. The molecule has 0 fully saturated rings. The van der Waals surface area contributed by atoms with Gasteiger partial charge in [-0.2, -0.15) is 0 Å². The van der Waals surface area contributed by atoms with E-state index in [2.05, 4.69) is 10.0 Å². The van der Waals surface area contributed by atoms with Gasteiger partial charge in [-0.3, -0.25) is 9.59 Å². The maximum absolute atomic E-state index is 11.8. The lowest BCUT2D eigenvalue weighted by atomic mass is 10.2. The molecule has 0 aliphatic heterocycles. The van der Waals surface area contributed by atoms with Gasteiger partial charge in [-0.05, 0) is 24.3 Å². The van der Waals surface area contributed by atoms with E-state index in [4.69, 9.17) is 4.74 Å². The fourth-order valence-electron chi connectivity index (χ4n) is 1.76. The Bertz CT molecular complexity index is 595. The summed E-state index contributed by atoms with van der Waals surface area (Å²) in [4.78, 5) is 23.1. The van der Waals surface area contributed by atoms with Crippen LogP contribution in [0.4, 0.5) is 0 Å². The molecule has 1 amide bonds. The number of thiophene rings is 1. The van der Waals surface area contributed by atoms with Gasteiger partial charge in [0.05, 0.1) is 6.42 Å². The molecular weight excluding hydrogens is 340 g/mol. The highest BCUT2D eigenvalue weighted by molar-refractivity contribution is 7.91. The van der Waals surface area contributed by atoms with Crippen LogP contribution in [-0.2, 0) is 24.3 Å². The minimum absolute atomic E-state index is 0.0683. The van der Waals surface area contributed by atoms with Gasteiger partial charge >= 0.3 is 5.97 Å². The van der Waals surface area contributed by atoms with Gasteiger partial charge in [0, 0.05) is 12.6 Å². The predicted molar refractivity (Wildman–Crippen MR) is 87.6 cm³/mol. The van der Waals surface area contributed by atoms with Crippen molar-refractivity contribution in [3.8, 4) is 0 Å². The molecule has 1 aromatic rings. The fraction of sp³-hybridized carbons (Fsp3) is 0.571. The molecule has 1 aromatic heterocycles. The van der Waals surface area contributed by atoms with Crippen molar-refractivity contribution in [3.05, 3.63) is 17.5 Å². The molecule has 0 atom stereocenters. The van der Waals surface area contributed by atoms with Crippen molar-refractivity contribution in [1.29, 1.82) is 0 Å². The van der Waals surface area contributed by atoms with Crippen molar-refractivity contribution in [1.82, 2.24) is 10.0 Å². The van der Waals surface area contributed by atoms with E-state index in [1.165, 1.54) is 6.07 Å². The normalized spacial score (nSPS) is 11.4. The molecule has 23 heavy (non-hydrogen) atoms. The summed E-state index contributed by atoms with van der Waals surface area (Å²) in [5, 5.41) is 4.40. The van der Waals surface area contributed by atoms with Crippen molar-refractivity contribution >= 4 is 33.2 Å². The van der Waals surface area contributed by atoms with E-state index in [0.29, 0.717) is 0 Å². The Kier molecular flexibility index (Phi) is 8.21. The third-order valence-electron chi connectivity index (χ3n) is 3.10. The Labute approximate surface area is 140 Å². The van der Waals surface area contributed by atoms with Crippen LogP contribution in [0.5, 0.6) is 0 Å². The zero-order valence-corrected chi connectivity index (χ0v) is 14.8. The minimum atomic E-state index is -3.59. The number of hydrogen-bond donors (Lipinski definition) is 2. The topological polar surface area (TPSA) is 102 Å². The monoisotopic (exact) mass is 362 g/mol. The van der Waals surface area contributed by atoms with Gasteiger partial charge in [0.15, 0.2) is 6.61 Å². The summed E-state index contributed by atoms with van der Waals surface area (Å²) in [6.45, 7) is 3.49. The average Bonchev–Trinajstić information content (AvgIpc) is 3.05. The summed E-state index contributed by atoms with van der Waals surface area (Å²) >= 11 is 1.09. The van der Waals surface area contributed by atoms with Crippen LogP contribution in [0.15, 0.2) is 21.7 Å². The van der Waals surface area contributed by atoms with Crippen LogP contribution in [0, 0.1) is 0 Å². The van der Waals surface area contributed by atoms with Crippen molar-refractivity contribution in [2.24, 2.45) is 0 Å². The van der Waals surface area contributed by atoms with E-state index < -0.39 is 16.0 Å². The molecule has 130 valence electrons. The van der Waals surface area contributed by atoms with E-state index in [1.807, 2.05) is 13.8 Å². The van der Waals surface area contributed by atoms with E-state index >= 15 is 0 Å². The van der Waals surface area contributed by atoms with Crippen LogP contribution < -0.4 is 10.0 Å². The van der Waals surface area contributed by atoms with E-state index in [-0.39, 0.29) is 35.7 Å². The van der Waals surface area contributed by atoms with Crippen LogP contribution >= 0.6 is 11.3 Å². The zero-order valence-electron chi connectivity index (χ0n) is 13.2. The second kappa shape index (κ2) is 9.64. The van der Waals surface area contributed by atoms with Crippen molar-refractivity contribution in [3.63, 3.8) is 0 Å². The van der Waals surface area contributed by atoms with E-state index in [9.17, 15) is 18.0 Å². The first-order chi connectivity index (χ1) is 10.9. The van der Waals surface area contributed by atoms with Crippen LogP contribution in [-0.4, -0.2) is 39.5 Å². The van der Waals surface area contributed by atoms with Gasteiger partial charge < -0.3 is 10.1 Å². The van der Waals surface area contributed by atoms with Crippen molar-refractivity contribution in [2.45, 2.75) is 43.4 Å². The molecule has 0 aliphatic rings. The Hall–Kier alpha value is -1.45. The summed E-state index contributed by atoms with van der Waals surface area (Å²) in [6, 6.07) is 3.18. The molecule has 0 aliphatic carbocycles. The Morgan fingerprint density at radius 3 is 2.57 bits per heavy atom. The number of carbonyl (C=O) groups excluding carboxylic acids is 2. The molecule has 0 radical (unpaired) electrons. The third kappa shape index (κ3) is 7.10. The summed E-state index contributed by atoms with van der Waals surface area (Å²) in [6.07, 6.45) is 1.48. The molecule has 0 aromatic carbocycles. The average molecular weight is 362 g/mol. The van der Waals surface area contributed by atoms with Gasteiger partial charge in [0.25, 0.3) is 5.91 Å². The highest BCUT2D eigenvalue weighted by Gasteiger charge is 2.16. The van der Waals surface area contributed by atoms with Gasteiger partial charge in [-0.15, -0.1) is 11.3 Å². The number of nitrogens with one attached hydrogen (secondary N) is 2. The molecular formula is C14H22N2O5S2. The predicted octanol–water partition coefficient (Wildman–Crippen LogP) is 1.26. The Morgan fingerprint density at radius 2 is 2.00 bits per heavy atom. The lowest BCUT2D eigenvalue weighted by molar-refractivity contribution is -0.148. The van der Waals surface area contributed by atoms with Gasteiger partial charge in [0.1, 0.15) is 4.21 Å². The molecule has 2 N–H and O–H groups in total. The standard InChI is InChI=1S/C14H22N2O5S2/c1-3-11(4-2)16-12(17)10-21-13(18)7-8-15-23(19,20)14-6-5-9-22-14/h5-6,9,11,15H,3-4,7-8,10H2,1-2H3,(H,16,17). The maximum Gasteiger partial charge on any atom is 0.307 e. The largest absolute Gasteiger partial charge is 0.456 e. The van der Waals surface area contributed by atoms with Crippen molar-refractivity contribution in [2.75, 3.05) is 13.2 Å². The molecule has 0 saturated carbocycles. The van der Waals surface area contributed by atoms with Gasteiger partial charge in [-0.25, -0.2) is 13.1 Å². The molecule has 0 saturated heterocycles. The second-order valence-corrected chi connectivity index (χ2v) is 7.76. The molecule has 0 bridgehead atoms. The van der Waals surface area contributed by atoms with Crippen LogP contribution in [0.3, 0.4) is 0 Å². The van der Waals surface area contributed by atoms with Gasteiger partial charge in [0.2, 0.25) is 10.0 Å². The van der Waals surface area contributed by atoms with Crippen LogP contribution in [0.25, 0.3) is 0 Å². The summed E-state index contributed by atoms with van der Waals surface area (Å²) in [5.74, 6) is -0.982. The van der Waals surface area contributed by atoms with E-state index in [0.717, 1.165) is 24.2 Å². The highest BCUT2D eigenvalue weighted by Crippen LogP contribution is 2.14. The molecule has 0 spiro atoms. The fourth-order valence-corrected chi connectivity index (χ4v) is 3.82. The lowest BCUT2D eigenvalue weighted by Gasteiger charge is -2.14. The first-order valence-electron chi connectivity index (χ1n) is 7.37. The molecule has 1 heterocycles. The molecule has 1 rings (SSSR count). The quantitative estimate of drug-likeness (QED) is 0.610. The number of rotatable bonds is 10. The smallest absolute Gasteiger partial charge is 0.307 e. The highest BCUT2D eigenvalue weighted by atomic mass is 32.2. The zero-order chi connectivity index (χ0) is 17.3. The number of hydrogen-bond acceptors (Lipinski definition) is 6. The SMILES string of the molecule is CCC(CC)NC(=O)COC(=O)CCNS(=O)(=O)c1cccs1. The molecule has 7 nitrogen and oxygen atoms in total. The summed E-state index contributed by atoms with van der Waals surface area (Å²) in [7, 11) is -3.59. The number of esters is 1. The Balaban J connectivity index is 2.26. The number of sulfonamides is 1. The first-order valence-corrected chi connectivity index (χ1v) is 9.73. The minimum Gasteiger partial charge on any atom is -0.456 e. The van der Waals surface area contributed by atoms with Crippen molar-refractivity contribution < 1.29 is 22.7 Å². The number of carbonyl (C=O) groups is 2. The Morgan fingerprint density at radius 1 is 1.30 bits per heavy atom. The number of amides is 1. The van der Waals surface area contributed by atoms with E-state index in [1.54, 1.807) is 11.4 Å². The lowest BCUT2D eigenvalue weighted by Crippen LogP contribution is -2.37. The van der Waals surface area contributed by atoms with Gasteiger partial charge in [-0.1, -0.05) is 19.9 Å².